The predicted molar refractivity (Wildman–Crippen MR) is 84.9 cm³/mol. The Morgan fingerprint density at radius 1 is 1.26 bits per heavy atom. The van der Waals surface area contributed by atoms with Crippen molar-refractivity contribution >= 4 is 23.6 Å². The molecule has 23 heavy (non-hydrogen) atoms. The first-order valence-electron chi connectivity index (χ1n) is 7.02. The molecule has 118 valence electrons. The number of nitrogens with one attached hydrogen (secondary N) is 1. The molecule has 1 aliphatic rings. The van der Waals surface area contributed by atoms with Crippen LogP contribution in [0.4, 0.5) is 4.39 Å². The van der Waals surface area contributed by atoms with E-state index in [0.717, 1.165) is 5.56 Å². The number of aromatic nitrogens is 1. The van der Waals surface area contributed by atoms with Crippen molar-refractivity contribution in [3.63, 3.8) is 0 Å². The Bertz CT molecular complexity index is 709. The van der Waals surface area contributed by atoms with Crippen LogP contribution in [0.5, 0.6) is 0 Å². The number of carbonyl (C=O) groups excluding carboxylic acids is 2. The molecule has 1 aliphatic heterocycles. The maximum atomic E-state index is 13.0. The summed E-state index contributed by atoms with van der Waals surface area (Å²) in [6, 6.07) is 9.30. The summed E-state index contributed by atoms with van der Waals surface area (Å²) in [6.07, 6.45) is 3.57. The minimum atomic E-state index is -0.354. The molecule has 3 rings (SSSR count). The third-order valence-corrected chi connectivity index (χ3v) is 4.62. The molecule has 0 bridgehead atoms. The van der Waals surface area contributed by atoms with E-state index in [1.807, 2.05) is 0 Å². The lowest BCUT2D eigenvalue weighted by atomic mass is 10.1. The topological polar surface area (TPSA) is 62.3 Å². The number of halogens is 1. The number of thioether (sulfide) groups is 1. The second kappa shape index (κ2) is 6.78. The van der Waals surface area contributed by atoms with Crippen LogP contribution in [0.1, 0.15) is 15.9 Å². The number of hydrazine groups is 1. The molecule has 1 aromatic heterocycles. The third kappa shape index (κ3) is 3.68. The third-order valence-electron chi connectivity index (χ3n) is 3.44. The maximum Gasteiger partial charge on any atom is 0.270 e. The van der Waals surface area contributed by atoms with Crippen molar-refractivity contribution < 1.29 is 14.0 Å². The van der Waals surface area contributed by atoms with Gasteiger partial charge in [-0.15, -0.1) is 11.8 Å². The van der Waals surface area contributed by atoms with Crippen LogP contribution in [-0.2, 0) is 11.2 Å². The molecule has 2 heterocycles. The molecule has 1 atom stereocenters. The number of nitrogens with zero attached hydrogens (tertiary/aromatic N) is 2. The van der Waals surface area contributed by atoms with E-state index in [2.05, 4.69) is 10.4 Å². The highest BCUT2D eigenvalue weighted by molar-refractivity contribution is 8.00. The molecule has 1 N–H and O–H groups in total. The number of benzene rings is 1. The zero-order chi connectivity index (χ0) is 16.2. The number of carbonyl (C=O) groups is 2. The highest BCUT2D eigenvalue weighted by Crippen LogP contribution is 2.26. The molecule has 7 heteroatoms. The molecule has 1 saturated heterocycles. The van der Waals surface area contributed by atoms with E-state index in [1.54, 1.807) is 24.3 Å². The Labute approximate surface area is 136 Å². The van der Waals surface area contributed by atoms with Crippen molar-refractivity contribution in [3.8, 4) is 0 Å². The van der Waals surface area contributed by atoms with Gasteiger partial charge < -0.3 is 0 Å². The number of rotatable bonds is 4. The molecule has 2 amide bonds. The number of pyridine rings is 1. The van der Waals surface area contributed by atoms with E-state index in [-0.39, 0.29) is 23.0 Å². The van der Waals surface area contributed by atoms with Crippen LogP contribution in [0.25, 0.3) is 0 Å². The summed E-state index contributed by atoms with van der Waals surface area (Å²) in [5, 5.41) is 1.15. The van der Waals surface area contributed by atoms with Gasteiger partial charge in [-0.2, -0.15) is 0 Å². The molecular formula is C16H14FN3O2S. The van der Waals surface area contributed by atoms with E-state index in [1.165, 1.54) is 41.3 Å². The SMILES string of the molecule is O=C(NN1C(=O)CSC1Cc1ccc(F)cc1)c1ccncc1. The summed E-state index contributed by atoms with van der Waals surface area (Å²) in [5.74, 6) is -0.494. The monoisotopic (exact) mass is 331 g/mol. The van der Waals surface area contributed by atoms with Gasteiger partial charge in [0.2, 0.25) is 0 Å². The minimum absolute atomic E-state index is 0.149. The Hall–Kier alpha value is -2.41. The van der Waals surface area contributed by atoms with E-state index in [9.17, 15) is 14.0 Å². The molecular weight excluding hydrogens is 317 g/mol. The largest absolute Gasteiger partial charge is 0.272 e. The molecule has 0 spiro atoms. The van der Waals surface area contributed by atoms with Crippen LogP contribution in [0.15, 0.2) is 48.8 Å². The number of amides is 2. The van der Waals surface area contributed by atoms with Gasteiger partial charge in [0.05, 0.1) is 5.75 Å². The lowest BCUT2D eigenvalue weighted by Gasteiger charge is -2.24. The van der Waals surface area contributed by atoms with Crippen LogP contribution in [0.3, 0.4) is 0 Å². The van der Waals surface area contributed by atoms with E-state index >= 15 is 0 Å². The van der Waals surface area contributed by atoms with Crippen molar-refractivity contribution in [3.05, 3.63) is 65.7 Å². The summed E-state index contributed by atoms with van der Waals surface area (Å²) < 4.78 is 13.0. The molecule has 0 radical (unpaired) electrons. The van der Waals surface area contributed by atoms with Crippen LogP contribution < -0.4 is 5.43 Å². The zero-order valence-electron chi connectivity index (χ0n) is 12.1. The van der Waals surface area contributed by atoms with Gasteiger partial charge >= 0.3 is 0 Å². The zero-order valence-corrected chi connectivity index (χ0v) is 12.9. The summed E-state index contributed by atoms with van der Waals surface area (Å²) in [7, 11) is 0. The van der Waals surface area contributed by atoms with Gasteiger partial charge in [-0.3, -0.25) is 20.0 Å². The maximum absolute atomic E-state index is 13.0. The summed E-state index contributed by atoms with van der Waals surface area (Å²) in [4.78, 5) is 28.1. The Morgan fingerprint density at radius 2 is 1.96 bits per heavy atom. The van der Waals surface area contributed by atoms with Crippen molar-refractivity contribution in [1.29, 1.82) is 0 Å². The van der Waals surface area contributed by atoms with Crippen molar-refractivity contribution in [1.82, 2.24) is 15.4 Å². The van der Waals surface area contributed by atoms with Crippen LogP contribution in [0.2, 0.25) is 0 Å². The molecule has 0 aliphatic carbocycles. The number of hydrogen-bond acceptors (Lipinski definition) is 4. The van der Waals surface area contributed by atoms with Gasteiger partial charge in [0.1, 0.15) is 11.2 Å². The van der Waals surface area contributed by atoms with E-state index < -0.39 is 0 Å². The van der Waals surface area contributed by atoms with Gasteiger partial charge in [0.25, 0.3) is 11.8 Å². The van der Waals surface area contributed by atoms with Gasteiger partial charge in [-0.25, -0.2) is 9.40 Å². The summed E-state index contributed by atoms with van der Waals surface area (Å²) in [6.45, 7) is 0. The lowest BCUT2D eigenvalue weighted by Crippen LogP contribution is -2.48. The summed E-state index contributed by atoms with van der Waals surface area (Å²) in [5.41, 5.74) is 3.99. The standard InChI is InChI=1S/C16H14FN3O2S/c17-13-3-1-11(2-4-13)9-15-20(14(21)10-23-15)19-16(22)12-5-7-18-8-6-12/h1-8,15H,9-10H2,(H,19,22). The molecule has 2 aromatic rings. The van der Waals surface area contributed by atoms with E-state index in [0.29, 0.717) is 17.7 Å². The van der Waals surface area contributed by atoms with Crippen molar-refractivity contribution in [2.75, 3.05) is 5.75 Å². The summed E-state index contributed by atoms with van der Waals surface area (Å²) >= 11 is 1.45. The second-order valence-electron chi connectivity index (χ2n) is 5.04. The molecule has 1 fully saturated rings. The van der Waals surface area contributed by atoms with Crippen molar-refractivity contribution in [2.45, 2.75) is 11.8 Å². The van der Waals surface area contributed by atoms with Crippen LogP contribution in [-0.4, -0.2) is 32.9 Å². The lowest BCUT2D eigenvalue weighted by molar-refractivity contribution is -0.130. The average molecular weight is 331 g/mol. The Morgan fingerprint density at radius 3 is 2.65 bits per heavy atom. The van der Waals surface area contributed by atoms with Gasteiger partial charge in [0, 0.05) is 24.4 Å². The van der Waals surface area contributed by atoms with Crippen LogP contribution >= 0.6 is 11.8 Å². The molecule has 1 aromatic carbocycles. The quantitative estimate of drug-likeness (QED) is 0.931. The number of hydrogen-bond donors (Lipinski definition) is 1. The molecule has 0 saturated carbocycles. The minimum Gasteiger partial charge on any atom is -0.272 e. The fourth-order valence-corrected chi connectivity index (χ4v) is 3.36. The normalized spacial score (nSPS) is 17.3. The average Bonchev–Trinajstić information content (AvgIpc) is 2.91. The predicted octanol–water partition coefficient (Wildman–Crippen LogP) is 2.01. The van der Waals surface area contributed by atoms with Crippen molar-refractivity contribution in [2.24, 2.45) is 0 Å². The fraction of sp³-hybridized carbons (Fsp3) is 0.188. The van der Waals surface area contributed by atoms with Gasteiger partial charge in [-0.1, -0.05) is 12.1 Å². The fourth-order valence-electron chi connectivity index (χ4n) is 2.26. The second-order valence-corrected chi connectivity index (χ2v) is 6.20. The Balaban J connectivity index is 1.70. The highest BCUT2D eigenvalue weighted by atomic mass is 32.2. The van der Waals surface area contributed by atoms with E-state index in [4.69, 9.17) is 0 Å². The first-order valence-corrected chi connectivity index (χ1v) is 8.07. The smallest absolute Gasteiger partial charge is 0.270 e. The molecule has 5 nitrogen and oxygen atoms in total. The first kappa shape index (κ1) is 15.5. The Kier molecular flexibility index (Phi) is 4.57. The van der Waals surface area contributed by atoms with Gasteiger partial charge in [-0.05, 0) is 29.8 Å². The molecule has 1 unspecified atom stereocenters. The highest BCUT2D eigenvalue weighted by Gasteiger charge is 2.33. The van der Waals surface area contributed by atoms with Gasteiger partial charge in [0.15, 0.2) is 0 Å². The van der Waals surface area contributed by atoms with Crippen LogP contribution in [0, 0.1) is 5.82 Å². The first-order chi connectivity index (χ1) is 11.1.